The Morgan fingerprint density at radius 3 is 2.69 bits per heavy atom. The number of esters is 1. The smallest absolute Gasteiger partial charge is 0.340 e. The van der Waals surface area contributed by atoms with E-state index in [0.29, 0.717) is 5.56 Å². The second-order valence-electron chi connectivity index (χ2n) is 2.55. The van der Waals surface area contributed by atoms with Crippen molar-refractivity contribution in [2.45, 2.75) is 6.92 Å². The minimum atomic E-state index is -0.535. The number of hydrogen-bond acceptors (Lipinski definition) is 4. The van der Waals surface area contributed by atoms with E-state index in [-0.39, 0.29) is 11.3 Å². The van der Waals surface area contributed by atoms with Crippen molar-refractivity contribution >= 4 is 11.7 Å². The highest BCUT2D eigenvalue weighted by Crippen LogP contribution is 2.22. The van der Waals surface area contributed by atoms with Crippen molar-refractivity contribution in [2.24, 2.45) is 5.18 Å². The van der Waals surface area contributed by atoms with E-state index in [1.54, 1.807) is 19.1 Å². The molecule has 0 saturated carbocycles. The summed E-state index contributed by atoms with van der Waals surface area (Å²) in [7, 11) is 1.27. The molecule has 0 aliphatic heterocycles. The van der Waals surface area contributed by atoms with Crippen molar-refractivity contribution in [3.8, 4) is 0 Å². The lowest BCUT2D eigenvalue weighted by molar-refractivity contribution is 0.0601. The topological polar surface area (TPSA) is 55.7 Å². The summed E-state index contributed by atoms with van der Waals surface area (Å²) in [5, 5.41) is 2.75. The molecule has 0 aliphatic rings. The lowest BCUT2D eigenvalue weighted by Gasteiger charge is -2.04. The number of aryl methyl sites for hydroxylation is 1. The van der Waals surface area contributed by atoms with Crippen molar-refractivity contribution in [1.29, 1.82) is 0 Å². The van der Waals surface area contributed by atoms with Crippen LogP contribution in [-0.4, -0.2) is 13.1 Å². The van der Waals surface area contributed by atoms with Gasteiger partial charge in [-0.05, 0) is 23.7 Å². The summed E-state index contributed by atoms with van der Waals surface area (Å²) in [6.07, 6.45) is 0. The summed E-state index contributed by atoms with van der Waals surface area (Å²) in [5.41, 5.74) is 1.04. The Labute approximate surface area is 75.5 Å². The Kier molecular flexibility index (Phi) is 2.74. The summed E-state index contributed by atoms with van der Waals surface area (Å²) >= 11 is 0. The first-order valence-electron chi connectivity index (χ1n) is 3.72. The van der Waals surface area contributed by atoms with Gasteiger partial charge in [0.1, 0.15) is 5.69 Å². The van der Waals surface area contributed by atoms with Gasteiger partial charge in [-0.25, -0.2) is 4.79 Å². The number of rotatable bonds is 2. The highest BCUT2D eigenvalue weighted by molar-refractivity contribution is 5.96. The van der Waals surface area contributed by atoms with Crippen LogP contribution in [0.4, 0.5) is 5.69 Å². The van der Waals surface area contributed by atoms with Gasteiger partial charge >= 0.3 is 5.97 Å². The van der Waals surface area contributed by atoms with Gasteiger partial charge in [0, 0.05) is 0 Å². The Hall–Kier alpha value is -1.71. The number of carbonyl (C=O) groups is 1. The monoisotopic (exact) mass is 179 g/mol. The first kappa shape index (κ1) is 9.38. The van der Waals surface area contributed by atoms with Gasteiger partial charge < -0.3 is 4.74 Å². The molecule has 0 fully saturated rings. The Morgan fingerprint density at radius 2 is 2.15 bits per heavy atom. The molecule has 0 radical (unpaired) electrons. The van der Waals surface area contributed by atoms with Crippen LogP contribution in [0.5, 0.6) is 0 Å². The Balaban J connectivity index is 3.30. The molecule has 0 amide bonds. The minimum absolute atomic E-state index is 0.117. The van der Waals surface area contributed by atoms with Gasteiger partial charge in [-0.2, -0.15) is 0 Å². The Bertz CT molecular complexity index is 347. The zero-order valence-electron chi connectivity index (χ0n) is 7.40. The number of hydrogen-bond donors (Lipinski definition) is 0. The van der Waals surface area contributed by atoms with Crippen LogP contribution in [0.3, 0.4) is 0 Å². The quantitative estimate of drug-likeness (QED) is 0.516. The van der Waals surface area contributed by atoms with Crippen LogP contribution < -0.4 is 0 Å². The van der Waals surface area contributed by atoms with Gasteiger partial charge in [0.15, 0.2) is 0 Å². The molecular formula is C9H9NO3. The van der Waals surface area contributed by atoms with Crippen molar-refractivity contribution < 1.29 is 9.53 Å². The number of benzene rings is 1. The van der Waals surface area contributed by atoms with E-state index < -0.39 is 5.97 Å². The van der Waals surface area contributed by atoms with E-state index in [9.17, 15) is 9.70 Å². The average Bonchev–Trinajstić information content (AvgIpc) is 2.16. The maximum atomic E-state index is 11.2. The highest BCUT2D eigenvalue weighted by atomic mass is 16.5. The molecule has 68 valence electrons. The van der Waals surface area contributed by atoms with Crippen LogP contribution in [0.25, 0.3) is 0 Å². The lowest BCUT2D eigenvalue weighted by Crippen LogP contribution is -2.03. The zero-order valence-corrected chi connectivity index (χ0v) is 7.40. The fourth-order valence-corrected chi connectivity index (χ4v) is 1.10. The number of carbonyl (C=O) groups excluding carboxylic acids is 1. The van der Waals surface area contributed by atoms with Gasteiger partial charge in [-0.3, -0.25) is 0 Å². The molecule has 0 bridgehead atoms. The van der Waals surface area contributed by atoms with Crippen LogP contribution in [0.2, 0.25) is 0 Å². The molecule has 0 atom stereocenters. The van der Waals surface area contributed by atoms with Crippen LogP contribution in [-0.2, 0) is 4.74 Å². The second kappa shape index (κ2) is 3.80. The normalized spacial score (nSPS) is 9.38. The SMILES string of the molecule is COC(=O)c1c(C)cccc1N=O. The van der Waals surface area contributed by atoms with Crippen LogP contribution in [0.1, 0.15) is 15.9 Å². The Morgan fingerprint density at radius 1 is 1.46 bits per heavy atom. The molecule has 4 heteroatoms. The molecule has 4 nitrogen and oxygen atoms in total. The third-order valence-electron chi connectivity index (χ3n) is 1.74. The zero-order chi connectivity index (χ0) is 9.84. The lowest BCUT2D eigenvalue weighted by atomic mass is 10.1. The van der Waals surface area contributed by atoms with Crippen LogP contribution in [0.15, 0.2) is 23.4 Å². The summed E-state index contributed by atoms with van der Waals surface area (Å²) in [6.45, 7) is 1.72. The van der Waals surface area contributed by atoms with Gasteiger partial charge in [0.2, 0.25) is 0 Å². The fourth-order valence-electron chi connectivity index (χ4n) is 1.10. The van der Waals surface area contributed by atoms with Gasteiger partial charge in [-0.1, -0.05) is 12.1 Å². The molecule has 0 spiro atoms. The molecule has 0 aromatic heterocycles. The van der Waals surface area contributed by atoms with E-state index in [0.717, 1.165) is 0 Å². The van der Waals surface area contributed by atoms with Crippen molar-refractivity contribution in [3.63, 3.8) is 0 Å². The van der Waals surface area contributed by atoms with E-state index in [2.05, 4.69) is 9.91 Å². The molecule has 1 rings (SSSR count). The first-order valence-corrected chi connectivity index (χ1v) is 3.72. The van der Waals surface area contributed by atoms with Crippen LogP contribution in [0, 0.1) is 11.8 Å². The molecule has 1 aromatic carbocycles. The van der Waals surface area contributed by atoms with Crippen molar-refractivity contribution in [2.75, 3.05) is 7.11 Å². The summed E-state index contributed by atoms with van der Waals surface area (Å²) in [6, 6.07) is 4.87. The first-order chi connectivity index (χ1) is 6.20. The van der Waals surface area contributed by atoms with Crippen LogP contribution >= 0.6 is 0 Å². The van der Waals surface area contributed by atoms with Gasteiger partial charge in [0.05, 0.1) is 12.7 Å². The predicted octanol–water partition coefficient (Wildman–Crippen LogP) is 2.18. The highest BCUT2D eigenvalue weighted by Gasteiger charge is 2.14. The van der Waals surface area contributed by atoms with E-state index in [1.165, 1.54) is 13.2 Å². The average molecular weight is 179 g/mol. The minimum Gasteiger partial charge on any atom is -0.465 e. The van der Waals surface area contributed by atoms with Crippen molar-refractivity contribution in [3.05, 3.63) is 34.2 Å². The molecule has 0 heterocycles. The number of ether oxygens (including phenoxy) is 1. The summed E-state index contributed by atoms with van der Waals surface area (Å²) < 4.78 is 4.52. The maximum Gasteiger partial charge on any atom is 0.340 e. The molecular weight excluding hydrogens is 170 g/mol. The third-order valence-corrected chi connectivity index (χ3v) is 1.74. The third kappa shape index (κ3) is 1.72. The molecule has 13 heavy (non-hydrogen) atoms. The maximum absolute atomic E-state index is 11.2. The summed E-state index contributed by atoms with van der Waals surface area (Å²) in [5.74, 6) is -0.535. The number of nitroso groups, excluding NO2 is 1. The summed E-state index contributed by atoms with van der Waals surface area (Å²) in [4.78, 5) is 21.5. The molecule has 1 aromatic rings. The standard InChI is InChI=1S/C9H9NO3/c1-6-4-3-5-7(10-12)8(6)9(11)13-2/h3-5H,1-2H3. The van der Waals surface area contributed by atoms with Crippen molar-refractivity contribution in [1.82, 2.24) is 0 Å². The van der Waals surface area contributed by atoms with Gasteiger partial charge in [0.25, 0.3) is 0 Å². The number of methoxy groups -OCH3 is 1. The molecule has 0 aliphatic carbocycles. The van der Waals surface area contributed by atoms with E-state index in [4.69, 9.17) is 0 Å². The second-order valence-corrected chi connectivity index (χ2v) is 2.55. The molecule has 0 N–H and O–H groups in total. The predicted molar refractivity (Wildman–Crippen MR) is 48.0 cm³/mol. The van der Waals surface area contributed by atoms with E-state index >= 15 is 0 Å². The van der Waals surface area contributed by atoms with E-state index in [1.807, 2.05) is 0 Å². The largest absolute Gasteiger partial charge is 0.465 e. The molecule has 0 unspecified atom stereocenters. The number of nitrogens with zero attached hydrogens (tertiary/aromatic N) is 1. The molecule has 0 saturated heterocycles. The fraction of sp³-hybridized carbons (Fsp3) is 0.222. The van der Waals surface area contributed by atoms with Gasteiger partial charge in [-0.15, -0.1) is 4.91 Å².